The molecular weight excluding hydrogens is 533 g/mol. The second kappa shape index (κ2) is 10.5. The molecule has 0 radical (unpaired) electrons. The third-order valence-corrected chi connectivity index (χ3v) is 9.13. The van der Waals surface area contributed by atoms with Gasteiger partial charge in [0.1, 0.15) is 7.14 Å². The lowest BCUT2D eigenvalue weighted by Gasteiger charge is -2.18. The number of benzene rings is 6. The molecule has 0 unspecified atom stereocenters. The highest BCUT2D eigenvalue weighted by Gasteiger charge is 2.21. The lowest BCUT2D eigenvalue weighted by atomic mass is 9.88. The van der Waals surface area contributed by atoms with E-state index in [1.807, 2.05) is 86.1 Å². The monoisotopic (exact) mass is 561 g/mol. The number of nitrogens with zero attached hydrogens (tertiary/aromatic N) is 3. The van der Waals surface area contributed by atoms with E-state index >= 15 is 0 Å². The summed E-state index contributed by atoms with van der Waals surface area (Å²) in [4.78, 5) is 15.1. The Morgan fingerprint density at radius 2 is 0.833 bits per heavy atom. The highest BCUT2D eigenvalue weighted by molar-refractivity contribution is 7.70. The lowest BCUT2D eigenvalue weighted by Crippen LogP contribution is -2.03. The summed E-state index contributed by atoms with van der Waals surface area (Å²) in [6.07, 6.45) is 0. The standard InChI is InChI=1S/C37H28N3OP/c1-42(2,41)28-19-13-18-27(24-28)33-29-20-9-11-22-31(29)34(32-23-12-10-21-30(32)33)37-39-35(25-14-5-3-6-15-25)38-36(40-37)26-16-7-4-8-17-26/h3-24H,1-2H3. The second-order valence-corrected chi connectivity index (χ2v) is 14.0. The SMILES string of the molecule is CP(C)(=O)c1cccc(-c2c3ccccc3c(-c3nc(-c4ccccc4)nc(-c4ccccc4)n3)c3ccccc23)c1. The molecule has 4 nitrogen and oxygen atoms in total. The third-order valence-electron chi connectivity index (χ3n) is 7.61. The van der Waals surface area contributed by atoms with E-state index < -0.39 is 7.14 Å². The van der Waals surface area contributed by atoms with Crippen LogP contribution in [0.5, 0.6) is 0 Å². The Balaban J connectivity index is 1.58. The summed E-state index contributed by atoms with van der Waals surface area (Å²) in [7, 11) is -2.44. The summed E-state index contributed by atoms with van der Waals surface area (Å²) in [6, 6.07) is 45.1. The molecule has 0 bridgehead atoms. The Hall–Kier alpha value is -4.92. The molecule has 0 N–H and O–H groups in total. The van der Waals surface area contributed by atoms with E-state index in [4.69, 9.17) is 15.0 Å². The Bertz CT molecular complexity index is 2020. The molecule has 0 saturated carbocycles. The maximum Gasteiger partial charge on any atom is 0.165 e. The molecule has 0 aliphatic carbocycles. The molecule has 202 valence electrons. The zero-order valence-electron chi connectivity index (χ0n) is 23.4. The van der Waals surface area contributed by atoms with Gasteiger partial charge in [0.15, 0.2) is 17.5 Å². The molecule has 42 heavy (non-hydrogen) atoms. The lowest BCUT2D eigenvalue weighted by molar-refractivity contribution is 0.588. The summed E-state index contributed by atoms with van der Waals surface area (Å²) in [6.45, 7) is 3.64. The molecule has 7 aromatic rings. The molecule has 1 heterocycles. The smallest absolute Gasteiger partial charge is 0.165 e. The normalized spacial score (nSPS) is 11.7. The topological polar surface area (TPSA) is 55.7 Å². The van der Waals surface area contributed by atoms with Gasteiger partial charge >= 0.3 is 0 Å². The minimum Gasteiger partial charge on any atom is -0.319 e. The van der Waals surface area contributed by atoms with Gasteiger partial charge in [-0.2, -0.15) is 0 Å². The van der Waals surface area contributed by atoms with Gasteiger partial charge in [-0.05, 0) is 52.1 Å². The van der Waals surface area contributed by atoms with Crippen molar-refractivity contribution in [1.82, 2.24) is 15.0 Å². The number of rotatable bonds is 5. The Labute approximate surface area is 245 Å². The highest BCUT2D eigenvalue weighted by Crippen LogP contribution is 2.44. The van der Waals surface area contributed by atoms with Crippen molar-refractivity contribution in [2.75, 3.05) is 13.3 Å². The number of fused-ring (bicyclic) bond motifs is 2. The number of aromatic nitrogens is 3. The Morgan fingerprint density at radius 1 is 0.429 bits per heavy atom. The van der Waals surface area contributed by atoms with E-state index in [2.05, 4.69) is 60.7 Å². The molecule has 0 amide bonds. The van der Waals surface area contributed by atoms with E-state index in [1.165, 1.54) is 0 Å². The predicted molar refractivity (Wildman–Crippen MR) is 176 cm³/mol. The summed E-state index contributed by atoms with van der Waals surface area (Å²) >= 11 is 0. The molecule has 0 fully saturated rings. The van der Waals surface area contributed by atoms with Crippen molar-refractivity contribution in [1.29, 1.82) is 0 Å². The fraction of sp³-hybridized carbons (Fsp3) is 0.0541. The molecule has 1 aromatic heterocycles. The predicted octanol–water partition coefficient (Wildman–Crippen LogP) is 9.09. The largest absolute Gasteiger partial charge is 0.319 e. The van der Waals surface area contributed by atoms with Crippen LogP contribution in [0.15, 0.2) is 133 Å². The molecule has 0 saturated heterocycles. The molecule has 0 spiro atoms. The van der Waals surface area contributed by atoms with Crippen molar-refractivity contribution in [3.8, 4) is 45.3 Å². The van der Waals surface area contributed by atoms with Gasteiger partial charge in [-0.1, -0.05) is 127 Å². The molecule has 0 aliphatic heterocycles. The van der Waals surface area contributed by atoms with Gasteiger partial charge in [0, 0.05) is 22.0 Å². The molecule has 5 heteroatoms. The molecule has 7 rings (SSSR count). The maximum absolute atomic E-state index is 13.0. The van der Waals surface area contributed by atoms with Crippen molar-refractivity contribution in [2.45, 2.75) is 0 Å². The molecular formula is C37H28N3OP. The van der Waals surface area contributed by atoms with Gasteiger partial charge in [0.25, 0.3) is 0 Å². The van der Waals surface area contributed by atoms with Gasteiger partial charge in [-0.25, -0.2) is 15.0 Å². The minimum atomic E-state index is -2.44. The summed E-state index contributed by atoms with van der Waals surface area (Å²) in [5.41, 5.74) is 4.99. The summed E-state index contributed by atoms with van der Waals surface area (Å²) in [5, 5.41) is 5.16. The number of hydrogen-bond donors (Lipinski definition) is 0. The van der Waals surface area contributed by atoms with Crippen LogP contribution in [0.25, 0.3) is 66.8 Å². The summed E-state index contributed by atoms with van der Waals surface area (Å²) < 4.78 is 13.0. The van der Waals surface area contributed by atoms with Gasteiger partial charge < -0.3 is 4.57 Å². The average molecular weight is 562 g/mol. The van der Waals surface area contributed by atoms with Crippen molar-refractivity contribution in [2.24, 2.45) is 0 Å². The van der Waals surface area contributed by atoms with Crippen LogP contribution in [0, 0.1) is 0 Å². The van der Waals surface area contributed by atoms with Crippen molar-refractivity contribution < 1.29 is 4.57 Å². The van der Waals surface area contributed by atoms with Crippen LogP contribution >= 0.6 is 7.14 Å². The molecule has 6 aromatic carbocycles. The first kappa shape index (κ1) is 26.0. The van der Waals surface area contributed by atoms with Gasteiger partial charge in [-0.3, -0.25) is 0 Å². The zero-order chi connectivity index (χ0) is 28.7. The minimum absolute atomic E-state index is 0.627. The fourth-order valence-corrected chi connectivity index (χ4v) is 6.49. The van der Waals surface area contributed by atoms with E-state index in [1.54, 1.807) is 0 Å². The quantitative estimate of drug-likeness (QED) is 0.155. The van der Waals surface area contributed by atoms with Crippen molar-refractivity contribution in [3.05, 3.63) is 133 Å². The highest BCUT2D eigenvalue weighted by atomic mass is 31.2. The first-order valence-corrected chi connectivity index (χ1v) is 16.5. The van der Waals surface area contributed by atoms with E-state index in [0.29, 0.717) is 17.5 Å². The van der Waals surface area contributed by atoms with Crippen molar-refractivity contribution >= 4 is 34.0 Å². The summed E-state index contributed by atoms with van der Waals surface area (Å²) in [5.74, 6) is 1.89. The Kier molecular flexibility index (Phi) is 6.49. The van der Waals surface area contributed by atoms with Gasteiger partial charge in [0.05, 0.1) is 0 Å². The second-order valence-electron chi connectivity index (χ2n) is 10.8. The van der Waals surface area contributed by atoms with Crippen LogP contribution in [0.2, 0.25) is 0 Å². The average Bonchev–Trinajstić information content (AvgIpc) is 3.04. The van der Waals surface area contributed by atoms with Crippen LogP contribution in [0.4, 0.5) is 0 Å². The fourth-order valence-electron chi connectivity index (χ4n) is 5.60. The van der Waals surface area contributed by atoms with Crippen LogP contribution in [0.3, 0.4) is 0 Å². The number of hydrogen-bond acceptors (Lipinski definition) is 4. The van der Waals surface area contributed by atoms with Crippen LogP contribution in [-0.2, 0) is 4.57 Å². The van der Waals surface area contributed by atoms with Crippen LogP contribution in [-0.4, -0.2) is 28.3 Å². The van der Waals surface area contributed by atoms with Crippen molar-refractivity contribution in [3.63, 3.8) is 0 Å². The molecule has 0 aliphatic rings. The Morgan fingerprint density at radius 3 is 1.31 bits per heavy atom. The van der Waals surface area contributed by atoms with E-state index in [-0.39, 0.29) is 0 Å². The first-order valence-electron chi connectivity index (χ1n) is 13.9. The van der Waals surface area contributed by atoms with Crippen LogP contribution in [0.1, 0.15) is 0 Å². The van der Waals surface area contributed by atoms with Gasteiger partial charge in [-0.15, -0.1) is 0 Å². The van der Waals surface area contributed by atoms with E-state index in [0.717, 1.165) is 54.7 Å². The van der Waals surface area contributed by atoms with E-state index in [9.17, 15) is 4.57 Å². The maximum atomic E-state index is 13.0. The van der Waals surface area contributed by atoms with Gasteiger partial charge in [0.2, 0.25) is 0 Å². The first-order chi connectivity index (χ1) is 20.5. The zero-order valence-corrected chi connectivity index (χ0v) is 24.3. The van der Waals surface area contributed by atoms with Crippen LogP contribution < -0.4 is 5.30 Å². The molecule has 0 atom stereocenters. The third kappa shape index (κ3) is 4.70.